The van der Waals surface area contributed by atoms with Crippen molar-refractivity contribution in [3.63, 3.8) is 0 Å². The van der Waals surface area contributed by atoms with E-state index >= 15 is 0 Å². The molecule has 3 rings (SSSR count). The summed E-state index contributed by atoms with van der Waals surface area (Å²) >= 11 is 12.3. The summed E-state index contributed by atoms with van der Waals surface area (Å²) in [6, 6.07) is 14.0. The topological polar surface area (TPSA) is 66.0 Å². The maximum absolute atomic E-state index is 13.1. The molecule has 1 aromatic heterocycles. The summed E-state index contributed by atoms with van der Waals surface area (Å²) in [6.45, 7) is 0. The van der Waals surface area contributed by atoms with Crippen LogP contribution in [0.2, 0.25) is 10.0 Å². The molecule has 0 fully saturated rings. The number of benzene rings is 2. The fourth-order valence-corrected chi connectivity index (χ4v) is 3.20. The summed E-state index contributed by atoms with van der Waals surface area (Å²) in [5, 5.41) is 12.1. The molecule has 0 aliphatic rings. The van der Waals surface area contributed by atoms with Crippen LogP contribution in [0.5, 0.6) is 0 Å². The number of alkyl halides is 3. The Morgan fingerprint density at radius 2 is 1.70 bits per heavy atom. The smallest absolute Gasteiger partial charge is 0.418 e. The van der Waals surface area contributed by atoms with Gasteiger partial charge in [-0.15, -0.1) is 0 Å². The molecule has 0 saturated heterocycles. The normalized spacial score (nSPS) is 11.8. The van der Waals surface area contributed by atoms with E-state index in [0.717, 1.165) is 18.2 Å². The van der Waals surface area contributed by atoms with Gasteiger partial charge < -0.3 is 9.73 Å². The Morgan fingerprint density at radius 1 is 1.03 bits per heavy atom. The number of hydrogen-bond acceptors (Lipinski definition) is 3. The number of halogens is 5. The quantitative estimate of drug-likeness (QED) is 0.350. The molecule has 0 aliphatic carbocycles. The zero-order chi connectivity index (χ0) is 21.9. The zero-order valence-electron chi connectivity index (χ0n) is 14.9. The van der Waals surface area contributed by atoms with Crippen LogP contribution < -0.4 is 5.32 Å². The van der Waals surface area contributed by atoms with Gasteiger partial charge in [-0.2, -0.15) is 18.4 Å². The molecule has 0 atom stereocenters. The lowest BCUT2D eigenvalue weighted by molar-refractivity contribution is -0.137. The molecule has 9 heteroatoms. The Kier molecular flexibility index (Phi) is 6.20. The molecule has 152 valence electrons. The highest BCUT2D eigenvalue weighted by molar-refractivity contribution is 6.39. The summed E-state index contributed by atoms with van der Waals surface area (Å²) in [7, 11) is 0. The molecule has 1 amide bonds. The molecule has 0 bridgehead atoms. The van der Waals surface area contributed by atoms with Crippen molar-refractivity contribution < 1.29 is 22.4 Å². The fraction of sp³-hybridized carbons (Fsp3) is 0.0476. The summed E-state index contributed by atoms with van der Waals surface area (Å²) in [4.78, 5) is 12.4. The van der Waals surface area contributed by atoms with Gasteiger partial charge >= 0.3 is 6.18 Å². The van der Waals surface area contributed by atoms with Crippen molar-refractivity contribution in [1.82, 2.24) is 0 Å². The average molecular weight is 451 g/mol. The van der Waals surface area contributed by atoms with Crippen LogP contribution in [0.15, 0.2) is 64.6 Å². The number of furan rings is 1. The van der Waals surface area contributed by atoms with Crippen molar-refractivity contribution in [3.05, 3.63) is 81.5 Å². The number of para-hydroxylation sites is 1. The SMILES string of the molecule is N#C/C(=C\c1ccc(-c2c(Cl)cccc2Cl)o1)C(=O)Nc1ccccc1C(F)(F)F. The van der Waals surface area contributed by atoms with Gasteiger partial charge in [0.2, 0.25) is 0 Å². The number of nitrogens with zero attached hydrogens (tertiary/aromatic N) is 1. The number of anilines is 1. The van der Waals surface area contributed by atoms with E-state index in [2.05, 4.69) is 5.32 Å². The largest absolute Gasteiger partial charge is 0.457 e. The third-order valence-corrected chi connectivity index (χ3v) is 4.60. The predicted molar refractivity (Wildman–Crippen MR) is 108 cm³/mol. The van der Waals surface area contributed by atoms with Crippen LogP contribution in [0.25, 0.3) is 17.4 Å². The fourth-order valence-electron chi connectivity index (χ4n) is 2.62. The summed E-state index contributed by atoms with van der Waals surface area (Å²) in [5.74, 6) is -0.586. The first-order valence-corrected chi connectivity index (χ1v) is 9.10. The van der Waals surface area contributed by atoms with E-state index < -0.39 is 28.9 Å². The number of amides is 1. The van der Waals surface area contributed by atoms with Crippen molar-refractivity contribution in [2.75, 3.05) is 5.32 Å². The lowest BCUT2D eigenvalue weighted by Gasteiger charge is -2.13. The van der Waals surface area contributed by atoms with Gasteiger partial charge in [-0.3, -0.25) is 4.79 Å². The monoisotopic (exact) mass is 450 g/mol. The first kappa shape index (κ1) is 21.5. The number of hydrogen-bond donors (Lipinski definition) is 1. The molecule has 0 unspecified atom stereocenters. The molecular formula is C21H11Cl2F3N2O2. The van der Waals surface area contributed by atoms with Crippen LogP contribution in [-0.2, 0) is 11.0 Å². The zero-order valence-corrected chi connectivity index (χ0v) is 16.4. The van der Waals surface area contributed by atoms with Crippen molar-refractivity contribution in [2.24, 2.45) is 0 Å². The Balaban J connectivity index is 1.88. The minimum atomic E-state index is -4.66. The summed E-state index contributed by atoms with van der Waals surface area (Å²) in [5.41, 5.74) is -1.50. The summed E-state index contributed by atoms with van der Waals surface area (Å²) in [6.07, 6.45) is -3.55. The van der Waals surface area contributed by atoms with Crippen molar-refractivity contribution in [2.45, 2.75) is 6.18 Å². The van der Waals surface area contributed by atoms with Gasteiger partial charge in [0.25, 0.3) is 5.91 Å². The number of rotatable bonds is 4. The molecule has 0 radical (unpaired) electrons. The second-order valence-corrected chi connectivity index (χ2v) is 6.78. The van der Waals surface area contributed by atoms with Crippen LogP contribution in [-0.4, -0.2) is 5.91 Å². The van der Waals surface area contributed by atoms with Crippen molar-refractivity contribution >= 4 is 40.9 Å². The van der Waals surface area contributed by atoms with Crippen molar-refractivity contribution in [3.8, 4) is 17.4 Å². The van der Waals surface area contributed by atoms with Gasteiger partial charge in [-0.1, -0.05) is 41.4 Å². The summed E-state index contributed by atoms with van der Waals surface area (Å²) < 4.78 is 44.9. The van der Waals surface area contributed by atoms with Crippen LogP contribution in [0.1, 0.15) is 11.3 Å². The van der Waals surface area contributed by atoms with Gasteiger partial charge in [0.05, 0.1) is 26.9 Å². The lowest BCUT2D eigenvalue weighted by Crippen LogP contribution is -2.17. The molecule has 2 aromatic carbocycles. The highest BCUT2D eigenvalue weighted by Gasteiger charge is 2.33. The maximum atomic E-state index is 13.1. The second kappa shape index (κ2) is 8.66. The molecule has 1 heterocycles. The van der Waals surface area contributed by atoms with Crippen LogP contribution in [0, 0.1) is 11.3 Å². The number of carbonyl (C=O) groups is 1. The molecule has 3 aromatic rings. The minimum Gasteiger partial charge on any atom is -0.457 e. The highest BCUT2D eigenvalue weighted by Crippen LogP contribution is 2.36. The van der Waals surface area contributed by atoms with E-state index in [1.54, 1.807) is 30.3 Å². The van der Waals surface area contributed by atoms with Gasteiger partial charge in [0.15, 0.2) is 0 Å². The van der Waals surface area contributed by atoms with Gasteiger partial charge in [-0.25, -0.2) is 0 Å². The van der Waals surface area contributed by atoms with E-state index in [1.165, 1.54) is 18.2 Å². The van der Waals surface area contributed by atoms with Crippen LogP contribution in [0.3, 0.4) is 0 Å². The molecule has 1 N–H and O–H groups in total. The molecular weight excluding hydrogens is 440 g/mol. The molecule has 0 aliphatic heterocycles. The van der Waals surface area contributed by atoms with Gasteiger partial charge in [0.1, 0.15) is 23.2 Å². The first-order chi connectivity index (χ1) is 14.2. The van der Waals surface area contributed by atoms with Gasteiger partial charge in [-0.05, 0) is 36.4 Å². The second-order valence-electron chi connectivity index (χ2n) is 5.97. The lowest BCUT2D eigenvalue weighted by atomic mass is 10.1. The standard InChI is InChI=1S/C21H11Cl2F3N2O2/c22-15-5-3-6-16(23)19(15)18-9-8-13(30-18)10-12(11-27)20(29)28-17-7-2-1-4-14(17)21(24,25)26/h1-10H,(H,28,29)/b12-10+. The van der Waals surface area contributed by atoms with E-state index in [9.17, 15) is 23.2 Å². The van der Waals surface area contributed by atoms with Crippen LogP contribution >= 0.6 is 23.2 Å². The van der Waals surface area contributed by atoms with Crippen LogP contribution in [0.4, 0.5) is 18.9 Å². The Hall–Kier alpha value is -3.21. The first-order valence-electron chi connectivity index (χ1n) is 8.34. The third-order valence-electron chi connectivity index (χ3n) is 3.97. The van der Waals surface area contributed by atoms with Gasteiger partial charge in [0, 0.05) is 6.08 Å². The van der Waals surface area contributed by atoms with E-state index in [4.69, 9.17) is 27.6 Å². The molecule has 30 heavy (non-hydrogen) atoms. The van der Waals surface area contributed by atoms with E-state index in [1.807, 2.05) is 0 Å². The predicted octanol–water partition coefficient (Wildman–Crippen LogP) is 6.82. The molecule has 0 spiro atoms. The number of carbonyl (C=O) groups excluding carboxylic acids is 1. The van der Waals surface area contributed by atoms with E-state index in [0.29, 0.717) is 21.4 Å². The molecule has 4 nitrogen and oxygen atoms in total. The third kappa shape index (κ3) is 4.67. The Morgan fingerprint density at radius 3 is 2.33 bits per heavy atom. The Labute approximate surface area is 179 Å². The highest BCUT2D eigenvalue weighted by atomic mass is 35.5. The minimum absolute atomic E-state index is 0.122. The molecule has 0 saturated carbocycles. The maximum Gasteiger partial charge on any atom is 0.418 e. The number of nitrogens with one attached hydrogen (secondary N) is 1. The number of nitriles is 1. The van der Waals surface area contributed by atoms with E-state index in [-0.39, 0.29) is 5.76 Å². The Bertz CT molecular complexity index is 1160. The van der Waals surface area contributed by atoms with Crippen molar-refractivity contribution in [1.29, 1.82) is 5.26 Å². The average Bonchev–Trinajstić information content (AvgIpc) is 3.13.